The molecule has 0 aromatic heterocycles. The maximum Gasteiger partial charge on any atom is 0.417 e. The van der Waals surface area contributed by atoms with E-state index in [0.29, 0.717) is 12.5 Å². The first-order valence-corrected chi connectivity index (χ1v) is 5.58. The van der Waals surface area contributed by atoms with E-state index >= 15 is 0 Å². The van der Waals surface area contributed by atoms with E-state index in [1.807, 2.05) is 0 Å². The lowest BCUT2D eigenvalue weighted by Gasteiger charge is -2.20. The Bertz CT molecular complexity index is 219. The zero-order valence-corrected chi connectivity index (χ0v) is 9.16. The van der Waals surface area contributed by atoms with Gasteiger partial charge in [-0.2, -0.15) is 0 Å². The van der Waals surface area contributed by atoms with Crippen LogP contribution < -0.4 is 0 Å². The van der Waals surface area contributed by atoms with Crippen molar-refractivity contribution in [1.29, 1.82) is 0 Å². The van der Waals surface area contributed by atoms with Gasteiger partial charge in [0.2, 0.25) is 0 Å². The molecule has 0 aromatic carbocycles. The SMILES string of the molecule is CCOC(=O)C(=O)OCC1CCCCC1. The first kappa shape index (κ1) is 12.0. The maximum absolute atomic E-state index is 11.1. The Morgan fingerprint density at radius 3 is 2.27 bits per heavy atom. The zero-order chi connectivity index (χ0) is 11.1. The topological polar surface area (TPSA) is 52.6 Å². The lowest BCUT2D eigenvalue weighted by molar-refractivity contribution is -0.168. The summed E-state index contributed by atoms with van der Waals surface area (Å²) in [7, 11) is 0. The lowest BCUT2D eigenvalue weighted by atomic mass is 9.90. The van der Waals surface area contributed by atoms with Gasteiger partial charge in [-0.15, -0.1) is 0 Å². The fourth-order valence-corrected chi connectivity index (χ4v) is 1.80. The number of esters is 2. The Labute approximate surface area is 89.9 Å². The molecule has 0 atom stereocenters. The first-order chi connectivity index (χ1) is 7.24. The van der Waals surface area contributed by atoms with E-state index in [4.69, 9.17) is 4.74 Å². The smallest absolute Gasteiger partial charge is 0.417 e. The zero-order valence-electron chi connectivity index (χ0n) is 9.16. The molecule has 1 saturated carbocycles. The van der Waals surface area contributed by atoms with Crippen molar-refractivity contribution in [3.63, 3.8) is 0 Å². The van der Waals surface area contributed by atoms with Crippen molar-refractivity contribution in [2.75, 3.05) is 13.2 Å². The quantitative estimate of drug-likeness (QED) is 0.529. The summed E-state index contributed by atoms with van der Waals surface area (Å²) in [5, 5.41) is 0. The van der Waals surface area contributed by atoms with Crippen LogP contribution in [0.5, 0.6) is 0 Å². The molecule has 1 rings (SSSR count). The highest BCUT2D eigenvalue weighted by Crippen LogP contribution is 2.23. The number of carbonyl (C=O) groups is 2. The van der Waals surface area contributed by atoms with E-state index < -0.39 is 11.9 Å². The van der Waals surface area contributed by atoms with Crippen molar-refractivity contribution in [1.82, 2.24) is 0 Å². The molecule has 1 fully saturated rings. The van der Waals surface area contributed by atoms with Gasteiger partial charge in [-0.05, 0) is 25.7 Å². The molecule has 86 valence electrons. The number of hydrogen-bond acceptors (Lipinski definition) is 4. The third kappa shape index (κ3) is 4.32. The van der Waals surface area contributed by atoms with Gasteiger partial charge in [-0.25, -0.2) is 9.59 Å². The summed E-state index contributed by atoms with van der Waals surface area (Å²) in [5.41, 5.74) is 0. The standard InChI is InChI=1S/C11H18O4/c1-2-14-10(12)11(13)15-8-9-6-4-3-5-7-9/h9H,2-8H2,1H3. The van der Waals surface area contributed by atoms with Gasteiger partial charge < -0.3 is 9.47 Å². The highest BCUT2D eigenvalue weighted by Gasteiger charge is 2.20. The Morgan fingerprint density at radius 2 is 1.67 bits per heavy atom. The Morgan fingerprint density at radius 1 is 1.07 bits per heavy atom. The minimum atomic E-state index is -0.881. The molecule has 1 aliphatic carbocycles. The van der Waals surface area contributed by atoms with Gasteiger partial charge in [0.1, 0.15) is 0 Å². The average Bonchev–Trinajstić information content (AvgIpc) is 2.27. The minimum absolute atomic E-state index is 0.206. The van der Waals surface area contributed by atoms with Crippen molar-refractivity contribution >= 4 is 11.9 Å². The second kappa shape index (κ2) is 6.43. The van der Waals surface area contributed by atoms with Gasteiger partial charge in [-0.3, -0.25) is 0 Å². The summed E-state index contributed by atoms with van der Waals surface area (Å²) in [4.78, 5) is 22.0. The van der Waals surface area contributed by atoms with Crippen LogP contribution in [-0.2, 0) is 19.1 Å². The molecule has 0 N–H and O–H groups in total. The molecular formula is C11H18O4. The van der Waals surface area contributed by atoms with Gasteiger partial charge >= 0.3 is 11.9 Å². The molecule has 0 aliphatic heterocycles. The Kier molecular flexibility index (Phi) is 5.15. The van der Waals surface area contributed by atoms with Crippen LogP contribution in [0.15, 0.2) is 0 Å². The predicted molar refractivity (Wildman–Crippen MR) is 54.2 cm³/mol. The summed E-state index contributed by atoms with van der Waals surface area (Å²) < 4.78 is 9.41. The molecule has 4 nitrogen and oxygen atoms in total. The van der Waals surface area contributed by atoms with Crippen LogP contribution in [0.1, 0.15) is 39.0 Å². The number of carbonyl (C=O) groups excluding carboxylic acids is 2. The maximum atomic E-state index is 11.1. The summed E-state index contributed by atoms with van der Waals surface area (Å²) in [5.74, 6) is -1.31. The largest absolute Gasteiger partial charge is 0.458 e. The summed E-state index contributed by atoms with van der Waals surface area (Å²) in [6.45, 7) is 2.22. The Hall–Kier alpha value is -1.06. The molecule has 0 saturated heterocycles. The fraction of sp³-hybridized carbons (Fsp3) is 0.818. The van der Waals surface area contributed by atoms with Crippen molar-refractivity contribution in [2.24, 2.45) is 5.92 Å². The normalized spacial score (nSPS) is 17.1. The highest BCUT2D eigenvalue weighted by molar-refractivity contribution is 6.29. The molecule has 0 amide bonds. The summed E-state index contributed by atoms with van der Waals surface area (Å²) in [6.07, 6.45) is 5.85. The van der Waals surface area contributed by atoms with E-state index in [-0.39, 0.29) is 6.61 Å². The molecular weight excluding hydrogens is 196 g/mol. The van der Waals surface area contributed by atoms with Gasteiger partial charge in [0.15, 0.2) is 0 Å². The van der Waals surface area contributed by atoms with Crippen LogP contribution in [-0.4, -0.2) is 25.2 Å². The molecule has 1 aliphatic rings. The highest BCUT2D eigenvalue weighted by atomic mass is 16.6. The van der Waals surface area contributed by atoms with Crippen molar-refractivity contribution in [3.05, 3.63) is 0 Å². The second-order valence-electron chi connectivity index (χ2n) is 3.82. The van der Waals surface area contributed by atoms with Crippen LogP contribution in [0.4, 0.5) is 0 Å². The molecule has 0 unspecified atom stereocenters. The van der Waals surface area contributed by atoms with E-state index in [2.05, 4.69) is 4.74 Å². The van der Waals surface area contributed by atoms with E-state index in [1.54, 1.807) is 6.92 Å². The van der Waals surface area contributed by atoms with Gasteiger partial charge in [0.25, 0.3) is 0 Å². The molecule has 0 aromatic rings. The van der Waals surface area contributed by atoms with Gasteiger partial charge in [-0.1, -0.05) is 19.3 Å². The number of hydrogen-bond donors (Lipinski definition) is 0. The molecule has 0 radical (unpaired) electrons. The van der Waals surface area contributed by atoms with Crippen LogP contribution in [0, 0.1) is 5.92 Å². The van der Waals surface area contributed by atoms with Crippen LogP contribution in [0.3, 0.4) is 0 Å². The minimum Gasteiger partial charge on any atom is -0.458 e. The number of ether oxygens (including phenoxy) is 2. The molecule has 15 heavy (non-hydrogen) atoms. The van der Waals surface area contributed by atoms with Crippen molar-refractivity contribution in [3.8, 4) is 0 Å². The molecule has 0 spiro atoms. The van der Waals surface area contributed by atoms with E-state index in [9.17, 15) is 9.59 Å². The molecule has 4 heteroatoms. The van der Waals surface area contributed by atoms with Crippen molar-refractivity contribution < 1.29 is 19.1 Å². The van der Waals surface area contributed by atoms with Crippen molar-refractivity contribution in [2.45, 2.75) is 39.0 Å². The fourth-order valence-electron chi connectivity index (χ4n) is 1.80. The average molecular weight is 214 g/mol. The predicted octanol–water partition coefficient (Wildman–Crippen LogP) is 1.67. The second-order valence-corrected chi connectivity index (χ2v) is 3.82. The van der Waals surface area contributed by atoms with Crippen LogP contribution in [0.25, 0.3) is 0 Å². The van der Waals surface area contributed by atoms with Crippen LogP contribution in [0.2, 0.25) is 0 Å². The third-order valence-corrected chi connectivity index (χ3v) is 2.62. The molecule has 0 heterocycles. The number of rotatable bonds is 3. The molecule has 0 bridgehead atoms. The summed E-state index contributed by atoms with van der Waals surface area (Å²) in [6, 6.07) is 0. The van der Waals surface area contributed by atoms with E-state index in [1.165, 1.54) is 19.3 Å². The Balaban J connectivity index is 2.17. The van der Waals surface area contributed by atoms with Crippen LogP contribution >= 0.6 is 0 Å². The van der Waals surface area contributed by atoms with Gasteiger partial charge in [0, 0.05) is 0 Å². The third-order valence-electron chi connectivity index (χ3n) is 2.62. The monoisotopic (exact) mass is 214 g/mol. The first-order valence-electron chi connectivity index (χ1n) is 5.58. The van der Waals surface area contributed by atoms with Gasteiger partial charge in [0.05, 0.1) is 13.2 Å². The van der Waals surface area contributed by atoms with E-state index in [0.717, 1.165) is 12.8 Å². The summed E-state index contributed by atoms with van der Waals surface area (Å²) >= 11 is 0. The lowest BCUT2D eigenvalue weighted by Crippen LogP contribution is -2.24.